The maximum atomic E-state index is 13.0. The predicted octanol–water partition coefficient (Wildman–Crippen LogP) is 3.43. The number of anilines is 1. The molecule has 0 aliphatic carbocycles. The Morgan fingerprint density at radius 1 is 0.840 bits per heavy atom. The molecule has 5 heteroatoms. The van der Waals surface area contributed by atoms with Crippen LogP contribution in [0.2, 0.25) is 0 Å². The van der Waals surface area contributed by atoms with Crippen LogP contribution in [0.1, 0.15) is 31.1 Å². The number of imide groups is 1. The molecule has 0 radical (unpaired) electrons. The quantitative estimate of drug-likeness (QED) is 0.533. The first-order chi connectivity index (χ1) is 12.1. The van der Waals surface area contributed by atoms with Crippen LogP contribution < -0.4 is 4.90 Å². The van der Waals surface area contributed by atoms with Crippen LogP contribution in [0.15, 0.2) is 60.7 Å². The Morgan fingerprint density at radius 3 is 2.04 bits per heavy atom. The Bertz CT molecular complexity index is 1000. The third-order valence-electron chi connectivity index (χ3n) is 4.32. The van der Waals surface area contributed by atoms with Gasteiger partial charge in [0.1, 0.15) is 0 Å². The highest BCUT2D eigenvalue weighted by atomic mass is 16.5. The molecule has 0 spiro atoms. The molecule has 0 N–H and O–H groups in total. The van der Waals surface area contributed by atoms with Crippen LogP contribution >= 0.6 is 0 Å². The Hall–Kier alpha value is -3.47. The molecule has 2 amide bonds. The molecule has 0 aromatic heterocycles. The summed E-state index contributed by atoms with van der Waals surface area (Å²) in [5.41, 5.74) is 1.26. The number of hydrogen-bond donors (Lipinski definition) is 0. The number of benzene rings is 3. The van der Waals surface area contributed by atoms with Crippen LogP contribution in [-0.4, -0.2) is 24.9 Å². The highest BCUT2D eigenvalue weighted by Crippen LogP contribution is 2.34. The topological polar surface area (TPSA) is 63.7 Å². The lowest BCUT2D eigenvalue weighted by molar-refractivity contribution is 0.0601. The molecule has 4 rings (SSSR count). The van der Waals surface area contributed by atoms with Crippen molar-refractivity contribution in [3.63, 3.8) is 0 Å². The van der Waals surface area contributed by atoms with Gasteiger partial charge in [0.25, 0.3) is 11.8 Å². The number of para-hydroxylation sites is 1. The van der Waals surface area contributed by atoms with Gasteiger partial charge in [-0.25, -0.2) is 9.69 Å². The van der Waals surface area contributed by atoms with E-state index in [9.17, 15) is 14.4 Å². The molecule has 0 fully saturated rings. The molecule has 1 aliphatic heterocycles. The van der Waals surface area contributed by atoms with Gasteiger partial charge in [-0.15, -0.1) is 0 Å². The van der Waals surface area contributed by atoms with Crippen molar-refractivity contribution in [3.05, 3.63) is 77.4 Å². The van der Waals surface area contributed by atoms with E-state index in [-0.39, 0.29) is 11.3 Å². The predicted molar refractivity (Wildman–Crippen MR) is 92.9 cm³/mol. The molecular weight excluding hydrogens is 318 g/mol. The Labute approximate surface area is 143 Å². The molecule has 0 saturated carbocycles. The Morgan fingerprint density at radius 2 is 1.44 bits per heavy atom. The second kappa shape index (κ2) is 5.56. The van der Waals surface area contributed by atoms with Gasteiger partial charge in [-0.1, -0.05) is 36.4 Å². The first-order valence-corrected chi connectivity index (χ1v) is 7.71. The fraction of sp³-hybridized carbons (Fsp3) is 0.0500. The number of esters is 1. The molecule has 5 nitrogen and oxygen atoms in total. The van der Waals surface area contributed by atoms with E-state index in [1.54, 1.807) is 42.5 Å². The summed E-state index contributed by atoms with van der Waals surface area (Å²) in [6.07, 6.45) is 0. The van der Waals surface area contributed by atoms with Crippen LogP contribution in [0.25, 0.3) is 10.8 Å². The van der Waals surface area contributed by atoms with E-state index in [0.29, 0.717) is 16.5 Å². The van der Waals surface area contributed by atoms with Crippen LogP contribution in [-0.2, 0) is 4.74 Å². The minimum absolute atomic E-state index is 0.165. The summed E-state index contributed by atoms with van der Waals surface area (Å²) in [5, 5.41) is 1.48. The van der Waals surface area contributed by atoms with Crippen molar-refractivity contribution in [2.24, 2.45) is 0 Å². The molecule has 1 heterocycles. The number of methoxy groups -OCH3 is 1. The van der Waals surface area contributed by atoms with Crippen LogP contribution in [0.4, 0.5) is 5.69 Å². The maximum absolute atomic E-state index is 13.0. The summed E-state index contributed by atoms with van der Waals surface area (Å²) in [6, 6.07) is 17.1. The fourth-order valence-corrected chi connectivity index (χ4v) is 3.20. The van der Waals surface area contributed by atoms with Gasteiger partial charge in [0.15, 0.2) is 0 Å². The van der Waals surface area contributed by atoms with Crippen molar-refractivity contribution < 1.29 is 19.1 Å². The number of ether oxygens (including phenoxy) is 1. The van der Waals surface area contributed by atoms with E-state index in [0.717, 1.165) is 10.3 Å². The van der Waals surface area contributed by atoms with Crippen molar-refractivity contribution in [3.8, 4) is 0 Å². The van der Waals surface area contributed by atoms with E-state index in [4.69, 9.17) is 4.74 Å². The molecular formula is C20H13NO4. The molecule has 0 saturated heterocycles. The van der Waals surface area contributed by atoms with Crippen LogP contribution in [0.3, 0.4) is 0 Å². The third kappa shape index (κ3) is 2.13. The van der Waals surface area contributed by atoms with Crippen molar-refractivity contribution in [1.82, 2.24) is 0 Å². The molecule has 122 valence electrons. The molecule has 3 aromatic rings. The Kier molecular flexibility index (Phi) is 3.35. The first kappa shape index (κ1) is 15.1. The zero-order chi connectivity index (χ0) is 17.6. The third-order valence-corrected chi connectivity index (χ3v) is 4.32. The van der Waals surface area contributed by atoms with Gasteiger partial charge in [0, 0.05) is 16.5 Å². The number of carbonyl (C=O) groups is 3. The highest BCUT2D eigenvalue weighted by molar-refractivity contribution is 6.36. The second-order valence-corrected chi connectivity index (χ2v) is 5.66. The summed E-state index contributed by atoms with van der Waals surface area (Å²) >= 11 is 0. The van der Waals surface area contributed by atoms with Gasteiger partial charge >= 0.3 is 5.97 Å². The smallest absolute Gasteiger partial charge is 0.339 e. The van der Waals surface area contributed by atoms with Crippen molar-refractivity contribution in [1.29, 1.82) is 0 Å². The summed E-state index contributed by atoms with van der Waals surface area (Å²) in [5.74, 6) is -1.51. The zero-order valence-electron chi connectivity index (χ0n) is 13.4. The maximum Gasteiger partial charge on any atom is 0.339 e. The lowest BCUT2D eigenvalue weighted by atomic mass is 9.93. The van der Waals surface area contributed by atoms with E-state index in [2.05, 4.69) is 0 Å². The monoisotopic (exact) mass is 331 g/mol. The average molecular weight is 331 g/mol. The van der Waals surface area contributed by atoms with Crippen molar-refractivity contribution in [2.75, 3.05) is 12.0 Å². The van der Waals surface area contributed by atoms with Gasteiger partial charge < -0.3 is 4.74 Å². The molecule has 0 unspecified atom stereocenters. The van der Waals surface area contributed by atoms with Crippen LogP contribution in [0, 0.1) is 0 Å². The standard InChI is InChI=1S/C20H13NO4/c1-25-20(24)13-8-2-3-11-16(13)21-18(22)14-9-4-6-12-7-5-10-15(17(12)14)19(21)23/h2-11H,1H3. The van der Waals surface area contributed by atoms with Crippen molar-refractivity contribution in [2.45, 2.75) is 0 Å². The van der Waals surface area contributed by atoms with Gasteiger partial charge in [0.05, 0.1) is 18.4 Å². The number of nitrogens with zero attached hydrogens (tertiary/aromatic N) is 1. The fourth-order valence-electron chi connectivity index (χ4n) is 3.20. The summed E-state index contributed by atoms with van der Waals surface area (Å²) < 4.78 is 4.78. The number of hydrogen-bond acceptors (Lipinski definition) is 4. The molecule has 0 atom stereocenters. The minimum Gasteiger partial charge on any atom is -0.465 e. The van der Waals surface area contributed by atoms with E-state index in [1.165, 1.54) is 13.2 Å². The SMILES string of the molecule is COC(=O)c1ccccc1N1C(=O)c2cccc3cccc(c23)C1=O. The normalized spacial score (nSPS) is 13.2. The van der Waals surface area contributed by atoms with Crippen molar-refractivity contribution >= 4 is 34.2 Å². The lowest BCUT2D eigenvalue weighted by Crippen LogP contribution is -2.41. The summed E-state index contributed by atoms with van der Waals surface area (Å²) in [6.45, 7) is 0. The van der Waals surface area contributed by atoms with E-state index >= 15 is 0 Å². The second-order valence-electron chi connectivity index (χ2n) is 5.66. The molecule has 25 heavy (non-hydrogen) atoms. The molecule has 1 aliphatic rings. The zero-order valence-corrected chi connectivity index (χ0v) is 13.4. The number of rotatable bonds is 2. The van der Waals surface area contributed by atoms with Gasteiger partial charge in [-0.3, -0.25) is 9.59 Å². The first-order valence-electron chi connectivity index (χ1n) is 7.71. The lowest BCUT2D eigenvalue weighted by Gasteiger charge is -2.28. The largest absolute Gasteiger partial charge is 0.465 e. The summed E-state index contributed by atoms with van der Waals surface area (Å²) in [4.78, 5) is 39.2. The number of carbonyl (C=O) groups excluding carboxylic acids is 3. The summed E-state index contributed by atoms with van der Waals surface area (Å²) in [7, 11) is 1.26. The molecule has 3 aromatic carbocycles. The average Bonchev–Trinajstić information content (AvgIpc) is 2.66. The Balaban J connectivity index is 1.97. The van der Waals surface area contributed by atoms with Crippen LogP contribution in [0.5, 0.6) is 0 Å². The van der Waals surface area contributed by atoms with Gasteiger partial charge in [-0.05, 0) is 29.7 Å². The van der Waals surface area contributed by atoms with E-state index < -0.39 is 17.8 Å². The van der Waals surface area contributed by atoms with E-state index in [1.807, 2.05) is 12.1 Å². The van der Waals surface area contributed by atoms with Gasteiger partial charge in [-0.2, -0.15) is 0 Å². The minimum atomic E-state index is -0.603. The highest BCUT2D eigenvalue weighted by Gasteiger charge is 2.35. The number of amides is 2. The molecule has 0 bridgehead atoms. The van der Waals surface area contributed by atoms with Gasteiger partial charge in [0.2, 0.25) is 0 Å².